The summed E-state index contributed by atoms with van der Waals surface area (Å²) < 4.78 is 29.4. The molecule has 0 spiro atoms. The van der Waals surface area contributed by atoms with Gasteiger partial charge in [-0.15, -0.1) is 0 Å². The number of carbonyl (C=O) groups is 2. The molecule has 0 radical (unpaired) electrons. The summed E-state index contributed by atoms with van der Waals surface area (Å²) in [5, 5.41) is 0. The van der Waals surface area contributed by atoms with Gasteiger partial charge < -0.3 is 14.2 Å². The lowest BCUT2D eigenvalue weighted by Crippen LogP contribution is -2.12. The first-order valence-corrected chi connectivity index (χ1v) is 9.03. The standard InChI is InChI=1S/C24H19FO5/c1-28-21-8-5-9-22(29-2)23(21)24(27)30-18-13-10-17(11-14-18)20(26)15-12-16-6-3-4-7-19(16)25/h3-15H,1-2H3. The van der Waals surface area contributed by atoms with Crippen molar-refractivity contribution in [1.82, 2.24) is 0 Å². The molecule has 0 aliphatic carbocycles. The first-order chi connectivity index (χ1) is 14.5. The van der Waals surface area contributed by atoms with Gasteiger partial charge in [-0.2, -0.15) is 0 Å². The Morgan fingerprint density at radius 3 is 2.07 bits per heavy atom. The van der Waals surface area contributed by atoms with Crippen LogP contribution in [0.4, 0.5) is 4.39 Å². The second-order valence-corrected chi connectivity index (χ2v) is 6.17. The number of methoxy groups -OCH3 is 2. The van der Waals surface area contributed by atoms with Gasteiger partial charge in [0.05, 0.1) is 14.2 Å². The van der Waals surface area contributed by atoms with E-state index in [9.17, 15) is 14.0 Å². The van der Waals surface area contributed by atoms with E-state index < -0.39 is 11.8 Å². The lowest BCUT2D eigenvalue weighted by Gasteiger charge is -2.12. The average molecular weight is 406 g/mol. The number of esters is 1. The SMILES string of the molecule is COc1cccc(OC)c1C(=O)Oc1ccc(C(=O)C=Cc2ccccc2F)cc1. The molecule has 30 heavy (non-hydrogen) atoms. The molecule has 0 saturated carbocycles. The van der Waals surface area contributed by atoms with Gasteiger partial charge in [-0.05, 0) is 54.6 Å². The summed E-state index contributed by atoms with van der Waals surface area (Å²) in [7, 11) is 2.89. The highest BCUT2D eigenvalue weighted by Gasteiger charge is 2.20. The summed E-state index contributed by atoms with van der Waals surface area (Å²) >= 11 is 0. The van der Waals surface area contributed by atoms with Crippen molar-refractivity contribution in [3.63, 3.8) is 0 Å². The third kappa shape index (κ3) is 4.72. The summed E-state index contributed by atoms with van der Waals surface area (Å²) in [6, 6.07) is 17.2. The minimum atomic E-state index is -0.650. The predicted octanol–water partition coefficient (Wildman–Crippen LogP) is 4.96. The Labute approximate surface area is 173 Å². The van der Waals surface area contributed by atoms with Crippen LogP contribution in [0.25, 0.3) is 6.08 Å². The van der Waals surface area contributed by atoms with E-state index in [1.807, 2.05) is 0 Å². The molecule has 0 atom stereocenters. The Morgan fingerprint density at radius 2 is 1.47 bits per heavy atom. The van der Waals surface area contributed by atoms with Crippen LogP contribution in [0.1, 0.15) is 26.3 Å². The van der Waals surface area contributed by atoms with Crippen LogP contribution in [-0.2, 0) is 0 Å². The third-order valence-corrected chi connectivity index (χ3v) is 4.30. The number of ketones is 1. The molecular formula is C24H19FO5. The average Bonchev–Trinajstić information content (AvgIpc) is 2.78. The zero-order valence-electron chi connectivity index (χ0n) is 16.4. The molecule has 3 aromatic carbocycles. The zero-order chi connectivity index (χ0) is 21.5. The van der Waals surface area contributed by atoms with Crippen LogP contribution in [0.3, 0.4) is 0 Å². The van der Waals surface area contributed by atoms with E-state index in [1.165, 1.54) is 56.7 Å². The van der Waals surface area contributed by atoms with E-state index >= 15 is 0 Å². The van der Waals surface area contributed by atoms with E-state index in [0.29, 0.717) is 22.6 Å². The number of hydrogen-bond donors (Lipinski definition) is 0. The molecule has 0 aliphatic rings. The van der Waals surface area contributed by atoms with Crippen molar-refractivity contribution in [2.75, 3.05) is 14.2 Å². The fraction of sp³-hybridized carbons (Fsp3) is 0.0833. The minimum Gasteiger partial charge on any atom is -0.496 e. The number of halogens is 1. The highest BCUT2D eigenvalue weighted by Crippen LogP contribution is 2.29. The smallest absolute Gasteiger partial charge is 0.351 e. The topological polar surface area (TPSA) is 61.8 Å². The molecule has 0 bridgehead atoms. The highest BCUT2D eigenvalue weighted by molar-refractivity contribution is 6.07. The molecule has 0 aromatic heterocycles. The molecule has 6 heteroatoms. The Hall–Kier alpha value is -3.93. The van der Waals surface area contributed by atoms with Gasteiger partial charge in [0.15, 0.2) is 5.78 Å². The van der Waals surface area contributed by atoms with E-state index in [1.54, 1.807) is 36.4 Å². The normalized spacial score (nSPS) is 10.6. The molecule has 3 aromatic rings. The number of carbonyl (C=O) groups excluding carboxylic acids is 2. The van der Waals surface area contributed by atoms with Crippen molar-refractivity contribution in [2.45, 2.75) is 0 Å². The van der Waals surface area contributed by atoms with Crippen LogP contribution in [-0.4, -0.2) is 26.0 Å². The molecule has 0 heterocycles. The van der Waals surface area contributed by atoms with E-state index in [4.69, 9.17) is 14.2 Å². The maximum atomic E-state index is 13.6. The van der Waals surface area contributed by atoms with E-state index in [2.05, 4.69) is 0 Å². The number of hydrogen-bond acceptors (Lipinski definition) is 5. The highest BCUT2D eigenvalue weighted by atomic mass is 19.1. The first-order valence-electron chi connectivity index (χ1n) is 9.03. The molecule has 5 nitrogen and oxygen atoms in total. The van der Waals surface area contributed by atoms with Crippen LogP contribution in [0, 0.1) is 5.82 Å². The van der Waals surface area contributed by atoms with Crippen LogP contribution in [0.15, 0.2) is 72.8 Å². The Balaban J connectivity index is 1.73. The zero-order valence-corrected chi connectivity index (χ0v) is 16.4. The molecule has 3 rings (SSSR count). The predicted molar refractivity (Wildman–Crippen MR) is 111 cm³/mol. The monoisotopic (exact) mass is 406 g/mol. The number of allylic oxidation sites excluding steroid dienone is 1. The summed E-state index contributed by atoms with van der Waals surface area (Å²) in [5.74, 6) is -0.461. The molecule has 152 valence electrons. The molecule has 0 aliphatic heterocycles. The number of ether oxygens (including phenoxy) is 3. The Morgan fingerprint density at radius 1 is 0.833 bits per heavy atom. The Bertz CT molecular complexity index is 1060. The van der Waals surface area contributed by atoms with Gasteiger partial charge in [0.2, 0.25) is 0 Å². The molecular weight excluding hydrogens is 387 g/mol. The fourth-order valence-corrected chi connectivity index (χ4v) is 2.77. The minimum absolute atomic E-state index is 0.162. The van der Waals surface area contributed by atoms with Gasteiger partial charge in [-0.3, -0.25) is 4.79 Å². The maximum absolute atomic E-state index is 13.6. The van der Waals surface area contributed by atoms with Crippen molar-refractivity contribution >= 4 is 17.8 Å². The number of benzene rings is 3. The molecule has 0 unspecified atom stereocenters. The van der Waals surface area contributed by atoms with Crippen molar-refractivity contribution in [2.24, 2.45) is 0 Å². The van der Waals surface area contributed by atoms with Crippen molar-refractivity contribution < 1.29 is 28.2 Å². The Kier molecular flexibility index (Phi) is 6.60. The van der Waals surface area contributed by atoms with Gasteiger partial charge in [0.25, 0.3) is 0 Å². The molecule has 0 amide bonds. The van der Waals surface area contributed by atoms with Crippen LogP contribution < -0.4 is 14.2 Å². The van der Waals surface area contributed by atoms with Gasteiger partial charge in [0.1, 0.15) is 28.6 Å². The molecule has 0 saturated heterocycles. The lowest BCUT2D eigenvalue weighted by molar-refractivity contribution is 0.0727. The third-order valence-electron chi connectivity index (χ3n) is 4.30. The van der Waals surface area contributed by atoms with Crippen molar-refractivity contribution in [3.05, 3.63) is 95.3 Å². The van der Waals surface area contributed by atoms with Crippen LogP contribution >= 0.6 is 0 Å². The lowest BCUT2D eigenvalue weighted by atomic mass is 10.1. The quantitative estimate of drug-likeness (QED) is 0.240. The van der Waals surface area contributed by atoms with Crippen molar-refractivity contribution in [3.8, 4) is 17.2 Å². The first kappa shape index (κ1) is 20.8. The second kappa shape index (κ2) is 9.52. The summed E-state index contributed by atoms with van der Waals surface area (Å²) in [6.45, 7) is 0. The maximum Gasteiger partial charge on any atom is 0.351 e. The van der Waals surface area contributed by atoms with E-state index in [-0.39, 0.29) is 17.1 Å². The molecule has 0 N–H and O–H groups in total. The molecule has 0 fully saturated rings. The van der Waals surface area contributed by atoms with Gasteiger partial charge in [0, 0.05) is 11.1 Å². The summed E-state index contributed by atoms with van der Waals surface area (Å²) in [5.41, 5.74) is 0.856. The van der Waals surface area contributed by atoms with Gasteiger partial charge in [-0.1, -0.05) is 24.3 Å². The van der Waals surface area contributed by atoms with Gasteiger partial charge >= 0.3 is 5.97 Å². The van der Waals surface area contributed by atoms with Crippen LogP contribution in [0.2, 0.25) is 0 Å². The summed E-state index contributed by atoms with van der Waals surface area (Å²) in [6.07, 6.45) is 2.71. The second-order valence-electron chi connectivity index (χ2n) is 6.17. The fourth-order valence-electron chi connectivity index (χ4n) is 2.77. The van der Waals surface area contributed by atoms with Gasteiger partial charge in [-0.25, -0.2) is 9.18 Å². The van der Waals surface area contributed by atoms with Crippen molar-refractivity contribution in [1.29, 1.82) is 0 Å². The summed E-state index contributed by atoms with van der Waals surface area (Å²) in [4.78, 5) is 24.9. The number of rotatable bonds is 7. The van der Waals surface area contributed by atoms with Crippen LogP contribution in [0.5, 0.6) is 17.2 Å². The van der Waals surface area contributed by atoms with E-state index in [0.717, 1.165) is 0 Å². The largest absolute Gasteiger partial charge is 0.496 e.